The number of hydrogen-bond acceptors (Lipinski definition) is 2. The van der Waals surface area contributed by atoms with Crippen LogP contribution in [0.3, 0.4) is 0 Å². The fraction of sp³-hybridized carbons (Fsp3) is 0.235. The Morgan fingerprint density at radius 1 is 1.14 bits per heavy atom. The van der Waals surface area contributed by atoms with Gasteiger partial charge in [0.1, 0.15) is 0 Å². The zero-order valence-corrected chi connectivity index (χ0v) is 12.4. The average molecular weight is 305 g/mol. The van der Waals surface area contributed by atoms with Crippen LogP contribution in [0.4, 0.5) is 14.5 Å². The summed E-state index contributed by atoms with van der Waals surface area (Å²) < 4.78 is 26.2. The van der Waals surface area contributed by atoms with Crippen molar-refractivity contribution < 1.29 is 18.7 Å². The molecule has 0 aliphatic rings. The van der Waals surface area contributed by atoms with Gasteiger partial charge in [0.25, 0.3) is 0 Å². The standard InChI is InChI=1S/C17H17F2NO2/c1-17(22,12-6-4-3-5-7-12)11-16(21)20(2)13-8-9-14(18)15(19)10-13/h3-10,22H,11H2,1-2H3. The van der Waals surface area contributed by atoms with Crippen LogP contribution in [-0.2, 0) is 10.4 Å². The van der Waals surface area contributed by atoms with Crippen LogP contribution >= 0.6 is 0 Å². The molecule has 1 unspecified atom stereocenters. The molecule has 1 amide bonds. The first kappa shape index (κ1) is 16.1. The molecular formula is C17H17F2NO2. The van der Waals surface area contributed by atoms with Crippen LogP contribution in [0.1, 0.15) is 18.9 Å². The van der Waals surface area contributed by atoms with E-state index in [0.717, 1.165) is 12.1 Å². The lowest BCUT2D eigenvalue weighted by Crippen LogP contribution is -2.34. The Morgan fingerprint density at radius 3 is 2.36 bits per heavy atom. The second kappa shape index (κ2) is 6.23. The molecule has 0 saturated heterocycles. The molecule has 2 rings (SSSR count). The molecule has 0 aromatic heterocycles. The van der Waals surface area contributed by atoms with Crippen LogP contribution in [0, 0.1) is 11.6 Å². The van der Waals surface area contributed by atoms with Gasteiger partial charge in [0.05, 0.1) is 12.0 Å². The van der Waals surface area contributed by atoms with E-state index in [-0.39, 0.29) is 12.1 Å². The Morgan fingerprint density at radius 2 is 1.77 bits per heavy atom. The largest absolute Gasteiger partial charge is 0.385 e. The topological polar surface area (TPSA) is 40.5 Å². The van der Waals surface area contributed by atoms with Crippen LogP contribution in [0.25, 0.3) is 0 Å². The molecular weight excluding hydrogens is 288 g/mol. The maximum absolute atomic E-state index is 13.2. The number of benzene rings is 2. The van der Waals surface area contributed by atoms with Gasteiger partial charge in [-0.05, 0) is 24.6 Å². The number of anilines is 1. The Hall–Kier alpha value is -2.27. The molecule has 116 valence electrons. The number of hydrogen-bond donors (Lipinski definition) is 1. The molecule has 3 nitrogen and oxygen atoms in total. The van der Waals surface area contributed by atoms with E-state index in [1.54, 1.807) is 31.2 Å². The molecule has 2 aromatic carbocycles. The van der Waals surface area contributed by atoms with E-state index in [4.69, 9.17) is 0 Å². The summed E-state index contributed by atoms with van der Waals surface area (Å²) in [5.74, 6) is -2.40. The Balaban J connectivity index is 2.16. The first-order valence-corrected chi connectivity index (χ1v) is 6.81. The zero-order chi connectivity index (χ0) is 16.3. The van der Waals surface area contributed by atoms with E-state index >= 15 is 0 Å². The lowest BCUT2D eigenvalue weighted by molar-refractivity contribution is -0.123. The van der Waals surface area contributed by atoms with Crippen molar-refractivity contribution in [1.82, 2.24) is 0 Å². The van der Waals surface area contributed by atoms with Gasteiger partial charge >= 0.3 is 0 Å². The third kappa shape index (κ3) is 3.49. The minimum Gasteiger partial charge on any atom is -0.385 e. The van der Waals surface area contributed by atoms with E-state index < -0.39 is 23.1 Å². The van der Waals surface area contributed by atoms with Crippen molar-refractivity contribution in [3.05, 3.63) is 65.7 Å². The van der Waals surface area contributed by atoms with Crippen LogP contribution < -0.4 is 4.90 Å². The molecule has 0 heterocycles. The van der Waals surface area contributed by atoms with Gasteiger partial charge in [-0.2, -0.15) is 0 Å². The molecule has 5 heteroatoms. The minimum atomic E-state index is -1.34. The van der Waals surface area contributed by atoms with Crippen molar-refractivity contribution in [3.63, 3.8) is 0 Å². The van der Waals surface area contributed by atoms with Gasteiger partial charge in [-0.3, -0.25) is 4.79 Å². The number of carbonyl (C=O) groups is 1. The van der Waals surface area contributed by atoms with E-state index in [1.165, 1.54) is 18.0 Å². The van der Waals surface area contributed by atoms with Gasteiger partial charge in [-0.15, -0.1) is 0 Å². The smallest absolute Gasteiger partial charge is 0.229 e. The van der Waals surface area contributed by atoms with Gasteiger partial charge < -0.3 is 10.0 Å². The van der Waals surface area contributed by atoms with Gasteiger partial charge in [-0.1, -0.05) is 30.3 Å². The van der Waals surface area contributed by atoms with Crippen molar-refractivity contribution in [3.8, 4) is 0 Å². The quantitative estimate of drug-likeness (QED) is 0.942. The fourth-order valence-electron chi connectivity index (χ4n) is 2.15. The van der Waals surface area contributed by atoms with Gasteiger partial charge in [0.2, 0.25) is 5.91 Å². The summed E-state index contributed by atoms with van der Waals surface area (Å²) >= 11 is 0. The minimum absolute atomic E-state index is 0.174. The second-order valence-corrected chi connectivity index (χ2v) is 5.37. The van der Waals surface area contributed by atoms with Crippen molar-refractivity contribution >= 4 is 11.6 Å². The predicted molar refractivity (Wildman–Crippen MR) is 80.4 cm³/mol. The number of amides is 1. The number of halogens is 2. The average Bonchev–Trinajstić information content (AvgIpc) is 2.49. The third-order valence-electron chi connectivity index (χ3n) is 3.56. The second-order valence-electron chi connectivity index (χ2n) is 5.37. The number of rotatable bonds is 4. The highest BCUT2D eigenvalue weighted by atomic mass is 19.2. The van der Waals surface area contributed by atoms with Crippen molar-refractivity contribution in [1.29, 1.82) is 0 Å². The maximum atomic E-state index is 13.2. The molecule has 0 saturated carbocycles. The van der Waals surface area contributed by atoms with E-state index in [1.807, 2.05) is 6.07 Å². The number of nitrogens with zero attached hydrogens (tertiary/aromatic N) is 1. The molecule has 0 bridgehead atoms. The predicted octanol–water partition coefficient (Wildman–Crippen LogP) is 3.23. The summed E-state index contributed by atoms with van der Waals surface area (Å²) in [4.78, 5) is 13.5. The number of carbonyl (C=O) groups excluding carboxylic acids is 1. The van der Waals surface area contributed by atoms with Gasteiger partial charge in [0, 0.05) is 18.8 Å². The highest BCUT2D eigenvalue weighted by Crippen LogP contribution is 2.26. The van der Waals surface area contributed by atoms with E-state index in [2.05, 4.69) is 0 Å². The fourth-order valence-corrected chi connectivity index (χ4v) is 2.15. The molecule has 0 fully saturated rings. The molecule has 1 atom stereocenters. The van der Waals surface area contributed by atoms with Gasteiger partial charge in [-0.25, -0.2) is 8.78 Å². The van der Waals surface area contributed by atoms with Gasteiger partial charge in [0.15, 0.2) is 11.6 Å². The van der Waals surface area contributed by atoms with Crippen LogP contribution in [0.5, 0.6) is 0 Å². The van der Waals surface area contributed by atoms with Crippen molar-refractivity contribution in [2.45, 2.75) is 18.9 Å². The third-order valence-corrected chi connectivity index (χ3v) is 3.56. The zero-order valence-electron chi connectivity index (χ0n) is 12.4. The summed E-state index contributed by atoms with van der Waals surface area (Å²) in [5.41, 5.74) is -0.500. The monoisotopic (exact) mass is 305 g/mol. The molecule has 2 aromatic rings. The SMILES string of the molecule is CN(C(=O)CC(C)(O)c1ccccc1)c1ccc(F)c(F)c1. The summed E-state index contributed by atoms with van der Waals surface area (Å²) in [6.07, 6.45) is -0.174. The molecule has 0 radical (unpaired) electrons. The molecule has 0 aliphatic carbocycles. The van der Waals surface area contributed by atoms with Crippen LogP contribution in [0.2, 0.25) is 0 Å². The van der Waals surface area contributed by atoms with Crippen molar-refractivity contribution in [2.75, 3.05) is 11.9 Å². The first-order valence-electron chi connectivity index (χ1n) is 6.81. The van der Waals surface area contributed by atoms with Crippen molar-refractivity contribution in [2.24, 2.45) is 0 Å². The maximum Gasteiger partial charge on any atom is 0.229 e. The Labute approximate surface area is 127 Å². The first-order chi connectivity index (χ1) is 10.3. The summed E-state index contributed by atoms with van der Waals surface area (Å²) in [6, 6.07) is 12.0. The molecule has 22 heavy (non-hydrogen) atoms. The van der Waals surface area contributed by atoms with E-state index in [9.17, 15) is 18.7 Å². The summed E-state index contributed by atoms with van der Waals surface area (Å²) in [6.45, 7) is 1.54. The summed E-state index contributed by atoms with van der Waals surface area (Å²) in [7, 11) is 1.45. The van der Waals surface area contributed by atoms with Crippen LogP contribution in [-0.4, -0.2) is 18.1 Å². The number of aliphatic hydroxyl groups is 1. The highest BCUT2D eigenvalue weighted by molar-refractivity contribution is 5.93. The Kier molecular flexibility index (Phi) is 4.56. The lowest BCUT2D eigenvalue weighted by atomic mass is 9.92. The van der Waals surface area contributed by atoms with Crippen LogP contribution in [0.15, 0.2) is 48.5 Å². The summed E-state index contributed by atoms with van der Waals surface area (Å²) in [5, 5.41) is 10.5. The molecule has 0 spiro atoms. The normalized spacial score (nSPS) is 13.5. The van der Waals surface area contributed by atoms with E-state index in [0.29, 0.717) is 5.56 Å². The molecule has 1 N–H and O–H groups in total. The lowest BCUT2D eigenvalue weighted by Gasteiger charge is -2.26. The highest BCUT2D eigenvalue weighted by Gasteiger charge is 2.28. The molecule has 0 aliphatic heterocycles. The Bertz CT molecular complexity index is 672.